The van der Waals surface area contributed by atoms with E-state index < -0.39 is 11.7 Å². The maximum atomic E-state index is 12.9. The van der Waals surface area contributed by atoms with Gasteiger partial charge in [0.1, 0.15) is 18.2 Å². The molecule has 3 aromatic rings. The summed E-state index contributed by atoms with van der Waals surface area (Å²) in [5, 5.41) is 4.26. The number of aryl methyl sites for hydroxylation is 2. The Kier molecular flexibility index (Phi) is 5.99. The summed E-state index contributed by atoms with van der Waals surface area (Å²) >= 11 is 0. The minimum absolute atomic E-state index is 0.0321. The number of hydrogen-bond donors (Lipinski definition) is 0. The number of hydrogen-bond acceptors (Lipinski definition) is 4. The highest BCUT2D eigenvalue weighted by Gasteiger charge is 2.32. The Hall–Kier alpha value is -3.23. The molecular formula is C23H24F3N5O. The predicted octanol–water partition coefficient (Wildman–Crippen LogP) is 4.26. The normalized spacial score (nSPS) is 16.5. The molecule has 1 aliphatic heterocycles. The van der Waals surface area contributed by atoms with Crippen LogP contribution in [0.5, 0.6) is 0 Å². The number of carbonyl (C=O) groups excluding carboxylic acids is 1. The number of alkyl halides is 3. The van der Waals surface area contributed by atoms with Crippen molar-refractivity contribution in [2.24, 2.45) is 0 Å². The molecule has 168 valence electrons. The van der Waals surface area contributed by atoms with Gasteiger partial charge in [-0.15, -0.1) is 0 Å². The summed E-state index contributed by atoms with van der Waals surface area (Å²) in [5.74, 6) is 1.30. The van der Waals surface area contributed by atoms with Crippen LogP contribution in [0.15, 0.2) is 42.6 Å². The zero-order valence-electron chi connectivity index (χ0n) is 17.9. The number of nitrogens with zero attached hydrogens (tertiary/aromatic N) is 5. The van der Waals surface area contributed by atoms with Crippen molar-refractivity contribution in [1.29, 1.82) is 0 Å². The van der Waals surface area contributed by atoms with Gasteiger partial charge in [0.05, 0.1) is 17.3 Å². The van der Waals surface area contributed by atoms with Crippen LogP contribution in [0, 0.1) is 13.8 Å². The zero-order valence-corrected chi connectivity index (χ0v) is 17.9. The Labute approximate surface area is 184 Å². The van der Waals surface area contributed by atoms with Crippen LogP contribution in [-0.2, 0) is 23.9 Å². The van der Waals surface area contributed by atoms with Crippen molar-refractivity contribution in [2.75, 3.05) is 6.54 Å². The maximum absolute atomic E-state index is 12.9. The second kappa shape index (κ2) is 8.72. The highest BCUT2D eigenvalue weighted by molar-refractivity contribution is 5.76. The van der Waals surface area contributed by atoms with E-state index in [2.05, 4.69) is 15.1 Å². The fraction of sp³-hybridized carbons (Fsp3) is 0.391. The summed E-state index contributed by atoms with van der Waals surface area (Å²) in [4.78, 5) is 23.5. The van der Waals surface area contributed by atoms with Crippen molar-refractivity contribution in [1.82, 2.24) is 24.6 Å². The highest BCUT2D eigenvalue weighted by Crippen LogP contribution is 2.32. The van der Waals surface area contributed by atoms with E-state index in [9.17, 15) is 18.0 Å². The van der Waals surface area contributed by atoms with Crippen molar-refractivity contribution >= 4 is 5.91 Å². The molecule has 1 saturated heterocycles. The van der Waals surface area contributed by atoms with Gasteiger partial charge in [-0.2, -0.15) is 18.3 Å². The average Bonchev–Trinajstić information content (AvgIpc) is 3.34. The molecule has 6 nitrogen and oxygen atoms in total. The number of carbonyl (C=O) groups is 1. The number of halogens is 3. The standard InChI is InChI=1S/C23H24F3N5O/c1-15-28-16(2)31(29-15)14-22(32)30-10-4-7-21(30)20-9-8-18(13-27-20)11-17-5-3-6-19(12-17)23(24,25)26/h3,5-6,8-9,12-13,21H,4,7,10-11,14H2,1-2H3. The third-order valence-electron chi connectivity index (χ3n) is 5.67. The van der Waals surface area contributed by atoms with Gasteiger partial charge in [0.2, 0.25) is 5.91 Å². The molecule has 0 radical (unpaired) electrons. The molecule has 1 amide bonds. The first-order valence-electron chi connectivity index (χ1n) is 10.5. The number of rotatable bonds is 5. The Morgan fingerprint density at radius 3 is 2.62 bits per heavy atom. The third-order valence-corrected chi connectivity index (χ3v) is 5.67. The van der Waals surface area contributed by atoms with E-state index in [1.165, 1.54) is 12.1 Å². The zero-order chi connectivity index (χ0) is 22.9. The van der Waals surface area contributed by atoms with Crippen LogP contribution in [0.4, 0.5) is 13.2 Å². The van der Waals surface area contributed by atoms with Gasteiger partial charge in [-0.05, 0) is 56.4 Å². The molecule has 1 atom stereocenters. The maximum Gasteiger partial charge on any atom is 0.416 e. The molecule has 32 heavy (non-hydrogen) atoms. The van der Waals surface area contributed by atoms with E-state index in [-0.39, 0.29) is 18.5 Å². The van der Waals surface area contributed by atoms with Crippen LogP contribution >= 0.6 is 0 Å². The number of aromatic nitrogens is 4. The molecule has 4 rings (SSSR count). The highest BCUT2D eigenvalue weighted by atomic mass is 19.4. The van der Waals surface area contributed by atoms with E-state index >= 15 is 0 Å². The van der Waals surface area contributed by atoms with Crippen LogP contribution in [0.2, 0.25) is 0 Å². The lowest BCUT2D eigenvalue weighted by Crippen LogP contribution is -2.34. The molecule has 9 heteroatoms. The summed E-state index contributed by atoms with van der Waals surface area (Å²) in [6.07, 6.45) is -0.614. The average molecular weight is 443 g/mol. The molecule has 1 aliphatic rings. The van der Waals surface area contributed by atoms with Gasteiger partial charge < -0.3 is 4.90 Å². The molecule has 2 aromatic heterocycles. The van der Waals surface area contributed by atoms with E-state index in [4.69, 9.17) is 0 Å². The first-order valence-corrected chi connectivity index (χ1v) is 10.5. The Bertz CT molecular complexity index is 1110. The number of pyridine rings is 1. The van der Waals surface area contributed by atoms with E-state index in [0.29, 0.717) is 30.2 Å². The lowest BCUT2D eigenvalue weighted by Gasteiger charge is -2.24. The van der Waals surface area contributed by atoms with Gasteiger partial charge >= 0.3 is 6.18 Å². The summed E-state index contributed by atoms with van der Waals surface area (Å²) in [7, 11) is 0. The van der Waals surface area contributed by atoms with Crippen molar-refractivity contribution in [2.45, 2.75) is 51.9 Å². The van der Waals surface area contributed by atoms with Gasteiger partial charge in [0, 0.05) is 12.7 Å². The van der Waals surface area contributed by atoms with Gasteiger partial charge in [-0.25, -0.2) is 9.67 Å². The van der Waals surface area contributed by atoms with Gasteiger partial charge in [-0.1, -0.05) is 24.3 Å². The molecule has 0 saturated carbocycles. The van der Waals surface area contributed by atoms with Crippen molar-refractivity contribution in [3.8, 4) is 0 Å². The topological polar surface area (TPSA) is 63.9 Å². The lowest BCUT2D eigenvalue weighted by atomic mass is 10.0. The first-order chi connectivity index (χ1) is 15.2. The van der Waals surface area contributed by atoms with Crippen LogP contribution in [0.25, 0.3) is 0 Å². The number of benzene rings is 1. The minimum atomic E-state index is -4.36. The quantitative estimate of drug-likeness (QED) is 0.591. The molecule has 1 fully saturated rings. The SMILES string of the molecule is Cc1nc(C)n(CC(=O)N2CCCC2c2ccc(Cc3cccc(C(F)(F)F)c3)cn2)n1. The van der Waals surface area contributed by atoms with E-state index in [0.717, 1.165) is 30.2 Å². The van der Waals surface area contributed by atoms with Crippen molar-refractivity contribution in [3.05, 3.63) is 76.6 Å². The Morgan fingerprint density at radius 1 is 1.16 bits per heavy atom. The molecule has 3 heterocycles. The molecule has 0 spiro atoms. The second-order valence-electron chi connectivity index (χ2n) is 8.08. The van der Waals surface area contributed by atoms with Crippen molar-refractivity contribution < 1.29 is 18.0 Å². The van der Waals surface area contributed by atoms with Gasteiger partial charge in [0.25, 0.3) is 0 Å². The van der Waals surface area contributed by atoms with Crippen LogP contribution < -0.4 is 0 Å². The van der Waals surface area contributed by atoms with Crippen molar-refractivity contribution in [3.63, 3.8) is 0 Å². The smallest absolute Gasteiger partial charge is 0.332 e. The molecule has 0 bridgehead atoms. The Balaban J connectivity index is 1.45. The molecular weight excluding hydrogens is 419 g/mol. The monoisotopic (exact) mass is 443 g/mol. The van der Waals surface area contributed by atoms with E-state index in [1.54, 1.807) is 23.9 Å². The summed E-state index contributed by atoms with van der Waals surface area (Å²) in [5.41, 5.74) is 1.52. The van der Waals surface area contributed by atoms with Crippen LogP contribution in [0.1, 0.15) is 52.9 Å². The number of amides is 1. The van der Waals surface area contributed by atoms with Crippen LogP contribution in [0.3, 0.4) is 0 Å². The lowest BCUT2D eigenvalue weighted by molar-refractivity contribution is -0.137. The number of likely N-dealkylation sites (tertiary alicyclic amines) is 1. The second-order valence-corrected chi connectivity index (χ2v) is 8.08. The van der Waals surface area contributed by atoms with Gasteiger partial charge in [-0.3, -0.25) is 9.78 Å². The third kappa shape index (κ3) is 4.81. The van der Waals surface area contributed by atoms with E-state index in [1.807, 2.05) is 24.0 Å². The fourth-order valence-electron chi connectivity index (χ4n) is 4.13. The fourth-order valence-corrected chi connectivity index (χ4v) is 4.13. The van der Waals surface area contributed by atoms with Gasteiger partial charge in [0.15, 0.2) is 0 Å². The summed E-state index contributed by atoms with van der Waals surface area (Å²) in [6, 6.07) is 8.94. The summed E-state index contributed by atoms with van der Waals surface area (Å²) in [6.45, 7) is 4.40. The largest absolute Gasteiger partial charge is 0.416 e. The molecule has 1 unspecified atom stereocenters. The summed E-state index contributed by atoms with van der Waals surface area (Å²) < 4.78 is 40.4. The minimum Gasteiger partial charge on any atom is -0.332 e. The van der Waals surface area contributed by atoms with Crippen LogP contribution in [-0.4, -0.2) is 37.1 Å². The molecule has 0 N–H and O–H groups in total. The molecule has 0 aliphatic carbocycles. The molecule has 1 aromatic carbocycles. The Morgan fingerprint density at radius 2 is 1.97 bits per heavy atom. The predicted molar refractivity (Wildman–Crippen MR) is 112 cm³/mol. The first kappa shape index (κ1) is 22.0.